The first-order chi connectivity index (χ1) is 10.2. The smallest absolute Gasteiger partial charge is 0.272 e. The van der Waals surface area contributed by atoms with Gasteiger partial charge in [0.1, 0.15) is 5.82 Å². The summed E-state index contributed by atoms with van der Waals surface area (Å²) in [6.45, 7) is 0.672. The zero-order valence-electron chi connectivity index (χ0n) is 11.0. The Bertz CT molecular complexity index is 612. The number of nitrogens with zero attached hydrogens (tertiary/aromatic N) is 3. The van der Waals surface area contributed by atoms with Crippen molar-refractivity contribution in [2.75, 3.05) is 17.6 Å². The average Bonchev–Trinajstić information content (AvgIpc) is 2.49. The second-order valence-electron chi connectivity index (χ2n) is 4.07. The van der Waals surface area contributed by atoms with Gasteiger partial charge in [0, 0.05) is 29.9 Å². The van der Waals surface area contributed by atoms with Crippen molar-refractivity contribution >= 4 is 23.4 Å². The van der Waals surface area contributed by atoms with Gasteiger partial charge in [-0.25, -0.2) is 14.4 Å². The van der Waals surface area contributed by atoms with Crippen LogP contribution in [0, 0.1) is 15.9 Å². The molecule has 110 valence electrons. The van der Waals surface area contributed by atoms with Gasteiger partial charge in [0.25, 0.3) is 5.69 Å². The van der Waals surface area contributed by atoms with E-state index in [0.717, 1.165) is 12.5 Å². The van der Waals surface area contributed by atoms with E-state index in [1.165, 1.54) is 23.9 Å². The van der Waals surface area contributed by atoms with Crippen LogP contribution >= 0.6 is 11.8 Å². The lowest BCUT2D eigenvalue weighted by atomic mass is 10.3. The van der Waals surface area contributed by atoms with Crippen molar-refractivity contribution in [2.24, 2.45) is 0 Å². The van der Waals surface area contributed by atoms with E-state index < -0.39 is 10.7 Å². The minimum Gasteiger partial charge on any atom is -0.354 e. The van der Waals surface area contributed by atoms with Crippen LogP contribution in [0.5, 0.6) is 0 Å². The number of non-ortho nitro benzene ring substituents is 1. The van der Waals surface area contributed by atoms with Crippen molar-refractivity contribution in [1.82, 2.24) is 9.97 Å². The molecular weight excluding hydrogens is 295 g/mol. The number of nitro groups is 1. The Morgan fingerprint density at radius 1 is 1.33 bits per heavy atom. The summed E-state index contributed by atoms with van der Waals surface area (Å²) in [5.74, 6) is 0.687. The summed E-state index contributed by atoms with van der Waals surface area (Å²) in [6, 6.07) is 5.42. The molecule has 0 amide bonds. The van der Waals surface area contributed by atoms with Gasteiger partial charge in [0.05, 0.1) is 11.0 Å². The van der Waals surface area contributed by atoms with E-state index in [-0.39, 0.29) is 5.69 Å². The van der Waals surface area contributed by atoms with Crippen molar-refractivity contribution in [1.29, 1.82) is 0 Å². The lowest BCUT2D eigenvalue weighted by Crippen LogP contribution is -2.05. The molecule has 6 nitrogen and oxygen atoms in total. The van der Waals surface area contributed by atoms with E-state index in [1.807, 2.05) is 0 Å². The van der Waals surface area contributed by atoms with Gasteiger partial charge in [0.15, 0.2) is 0 Å². The highest BCUT2D eigenvalue weighted by molar-refractivity contribution is 7.99. The molecule has 1 N–H and O–H groups in total. The van der Waals surface area contributed by atoms with Crippen LogP contribution in [0.1, 0.15) is 6.42 Å². The number of hydrogen-bond donors (Lipinski definition) is 1. The fraction of sp³-hybridized carbons (Fsp3) is 0.231. The molecule has 1 aromatic carbocycles. The third kappa shape index (κ3) is 4.67. The number of halogens is 1. The van der Waals surface area contributed by atoms with E-state index in [1.54, 1.807) is 18.5 Å². The molecule has 2 aromatic rings. The molecule has 0 saturated carbocycles. The SMILES string of the molecule is O=[N+]([O-])c1ccc(SCCCNc2ncccn2)c(F)c1. The van der Waals surface area contributed by atoms with Gasteiger partial charge in [-0.15, -0.1) is 11.8 Å². The molecule has 21 heavy (non-hydrogen) atoms. The number of anilines is 1. The molecule has 0 fully saturated rings. The first-order valence-electron chi connectivity index (χ1n) is 6.24. The molecule has 0 bridgehead atoms. The molecule has 0 saturated heterocycles. The maximum Gasteiger partial charge on any atom is 0.272 e. The monoisotopic (exact) mass is 308 g/mol. The minimum atomic E-state index is -0.610. The zero-order valence-corrected chi connectivity index (χ0v) is 11.8. The molecule has 0 aliphatic heterocycles. The van der Waals surface area contributed by atoms with E-state index in [2.05, 4.69) is 15.3 Å². The standard InChI is InChI=1S/C13H13FN4O2S/c14-11-9-10(18(19)20)3-4-12(11)21-8-2-7-17-13-15-5-1-6-16-13/h1,3-6,9H,2,7-8H2,(H,15,16,17). The molecular formula is C13H13FN4O2S. The molecule has 8 heteroatoms. The number of nitro benzene ring substituents is 1. The lowest BCUT2D eigenvalue weighted by molar-refractivity contribution is -0.385. The molecule has 2 rings (SSSR count). The molecule has 1 heterocycles. The van der Waals surface area contributed by atoms with Gasteiger partial charge >= 0.3 is 0 Å². The summed E-state index contributed by atoms with van der Waals surface area (Å²) in [4.78, 5) is 18.4. The van der Waals surface area contributed by atoms with Crippen LogP contribution < -0.4 is 5.32 Å². The molecule has 0 aliphatic rings. The van der Waals surface area contributed by atoms with Gasteiger partial charge in [0.2, 0.25) is 5.95 Å². The molecule has 1 aromatic heterocycles. The van der Waals surface area contributed by atoms with Gasteiger partial charge < -0.3 is 5.32 Å². The maximum atomic E-state index is 13.6. The van der Waals surface area contributed by atoms with Crippen molar-refractivity contribution in [2.45, 2.75) is 11.3 Å². The Kier molecular flexibility index (Phi) is 5.44. The second kappa shape index (κ2) is 7.53. The van der Waals surface area contributed by atoms with E-state index >= 15 is 0 Å². The summed E-state index contributed by atoms with van der Waals surface area (Å²) in [6.07, 6.45) is 4.09. The maximum absolute atomic E-state index is 13.6. The number of benzene rings is 1. The van der Waals surface area contributed by atoms with Crippen LogP contribution in [-0.2, 0) is 0 Å². The van der Waals surface area contributed by atoms with Crippen LogP contribution in [0.3, 0.4) is 0 Å². The predicted octanol–water partition coefficient (Wildman–Crippen LogP) is 3.12. The van der Waals surface area contributed by atoms with Gasteiger partial charge in [-0.1, -0.05) is 0 Å². The van der Waals surface area contributed by atoms with Gasteiger partial charge in [-0.2, -0.15) is 0 Å². The summed E-state index contributed by atoms with van der Waals surface area (Å²) in [5, 5.41) is 13.6. The van der Waals surface area contributed by atoms with Crippen molar-refractivity contribution in [3.8, 4) is 0 Å². The third-order valence-electron chi connectivity index (χ3n) is 2.55. The number of thioether (sulfide) groups is 1. The Hall–Kier alpha value is -2.22. The van der Waals surface area contributed by atoms with Crippen LogP contribution in [0.25, 0.3) is 0 Å². The quantitative estimate of drug-likeness (QED) is 0.366. The molecule has 0 unspecified atom stereocenters. The lowest BCUT2D eigenvalue weighted by Gasteiger charge is -2.05. The van der Waals surface area contributed by atoms with Crippen molar-refractivity contribution in [3.63, 3.8) is 0 Å². The number of nitrogens with one attached hydrogen (secondary N) is 1. The highest BCUT2D eigenvalue weighted by Gasteiger charge is 2.10. The van der Waals surface area contributed by atoms with Crippen LogP contribution in [0.4, 0.5) is 16.0 Å². The van der Waals surface area contributed by atoms with Gasteiger partial charge in [-0.3, -0.25) is 10.1 Å². The normalized spacial score (nSPS) is 10.3. The van der Waals surface area contributed by atoms with E-state index in [0.29, 0.717) is 23.1 Å². The van der Waals surface area contributed by atoms with Crippen molar-refractivity contribution < 1.29 is 9.31 Å². The van der Waals surface area contributed by atoms with Gasteiger partial charge in [-0.05, 0) is 24.3 Å². The average molecular weight is 308 g/mol. The first-order valence-corrected chi connectivity index (χ1v) is 7.23. The van der Waals surface area contributed by atoms with E-state index in [9.17, 15) is 14.5 Å². The molecule has 0 atom stereocenters. The molecule has 0 radical (unpaired) electrons. The van der Waals surface area contributed by atoms with E-state index in [4.69, 9.17) is 0 Å². The third-order valence-corrected chi connectivity index (χ3v) is 3.69. The number of aromatic nitrogens is 2. The highest BCUT2D eigenvalue weighted by Crippen LogP contribution is 2.25. The first kappa shape index (κ1) is 15.2. The summed E-state index contributed by atoms with van der Waals surface area (Å²) >= 11 is 1.32. The highest BCUT2D eigenvalue weighted by atomic mass is 32.2. The van der Waals surface area contributed by atoms with Crippen LogP contribution in [-0.4, -0.2) is 27.2 Å². The predicted molar refractivity (Wildman–Crippen MR) is 78.9 cm³/mol. The Labute approximate surface area is 125 Å². The van der Waals surface area contributed by atoms with Crippen LogP contribution in [0.15, 0.2) is 41.6 Å². The minimum absolute atomic E-state index is 0.236. The fourth-order valence-corrected chi connectivity index (χ4v) is 2.43. The number of hydrogen-bond acceptors (Lipinski definition) is 6. The molecule has 0 aliphatic carbocycles. The second-order valence-corrected chi connectivity index (χ2v) is 5.21. The Balaban J connectivity index is 1.75. The fourth-order valence-electron chi connectivity index (χ4n) is 1.57. The van der Waals surface area contributed by atoms with Crippen molar-refractivity contribution in [3.05, 3.63) is 52.6 Å². The molecule has 0 spiro atoms. The largest absolute Gasteiger partial charge is 0.354 e. The van der Waals surface area contributed by atoms with Crippen LogP contribution in [0.2, 0.25) is 0 Å². The zero-order chi connectivity index (χ0) is 15.1. The summed E-state index contributed by atoms with van der Waals surface area (Å²) < 4.78 is 13.6. The number of rotatable bonds is 7. The Morgan fingerprint density at radius 3 is 2.76 bits per heavy atom. The summed E-state index contributed by atoms with van der Waals surface area (Å²) in [7, 11) is 0. The topological polar surface area (TPSA) is 81.0 Å². The Morgan fingerprint density at radius 2 is 2.10 bits per heavy atom. The summed E-state index contributed by atoms with van der Waals surface area (Å²) in [5.41, 5.74) is -0.236.